The van der Waals surface area contributed by atoms with Crippen LogP contribution in [0.2, 0.25) is 0 Å². The Balaban J connectivity index is 1.62. The van der Waals surface area contributed by atoms with Gasteiger partial charge < -0.3 is 10.2 Å². The fraction of sp³-hybridized carbons (Fsp3) is 0.600. The van der Waals surface area contributed by atoms with Crippen molar-refractivity contribution in [2.45, 2.75) is 58.9 Å². The molecule has 1 heterocycles. The molecule has 2 aliphatic rings. The van der Waals surface area contributed by atoms with E-state index in [0.717, 1.165) is 30.0 Å². The van der Waals surface area contributed by atoms with E-state index in [-0.39, 0.29) is 17.7 Å². The molecule has 1 saturated carbocycles. The lowest BCUT2D eigenvalue weighted by molar-refractivity contribution is -0.127. The summed E-state index contributed by atoms with van der Waals surface area (Å²) < 4.78 is 0. The molecule has 2 amide bonds. The first-order chi connectivity index (χ1) is 11.4. The van der Waals surface area contributed by atoms with E-state index in [2.05, 4.69) is 18.3 Å². The number of carbonyl (C=O) groups excluding carboxylic acids is 2. The second-order valence-electron chi connectivity index (χ2n) is 7.66. The highest BCUT2D eigenvalue weighted by molar-refractivity contribution is 6.00. The van der Waals surface area contributed by atoms with Gasteiger partial charge in [0, 0.05) is 24.7 Å². The molecule has 1 aromatic carbocycles. The Morgan fingerprint density at radius 1 is 1.17 bits per heavy atom. The number of hydrogen-bond donors (Lipinski definition) is 1. The topological polar surface area (TPSA) is 49.4 Å². The zero-order valence-corrected chi connectivity index (χ0v) is 15.0. The SMILES string of the molecule is Cc1ccc(N2C[C@H](C(=O)NC3CCC(C)CC3)CC2=O)c(C)c1. The van der Waals surface area contributed by atoms with Gasteiger partial charge >= 0.3 is 0 Å². The summed E-state index contributed by atoms with van der Waals surface area (Å²) in [7, 11) is 0. The van der Waals surface area contributed by atoms with Crippen molar-refractivity contribution in [2.24, 2.45) is 11.8 Å². The summed E-state index contributed by atoms with van der Waals surface area (Å²) >= 11 is 0. The van der Waals surface area contributed by atoms with Crippen molar-refractivity contribution >= 4 is 17.5 Å². The van der Waals surface area contributed by atoms with Crippen molar-refractivity contribution < 1.29 is 9.59 Å². The van der Waals surface area contributed by atoms with E-state index in [1.165, 1.54) is 18.4 Å². The molecule has 1 aliphatic carbocycles. The Bertz CT molecular complexity index is 633. The quantitative estimate of drug-likeness (QED) is 0.925. The molecule has 3 rings (SSSR count). The second kappa shape index (κ2) is 6.96. The van der Waals surface area contributed by atoms with Gasteiger partial charge in [-0.2, -0.15) is 0 Å². The third-order valence-electron chi connectivity index (χ3n) is 5.50. The predicted molar refractivity (Wildman–Crippen MR) is 95.9 cm³/mol. The number of hydrogen-bond acceptors (Lipinski definition) is 2. The van der Waals surface area contributed by atoms with Crippen molar-refractivity contribution in [3.63, 3.8) is 0 Å². The first kappa shape index (κ1) is 17.0. The minimum atomic E-state index is -0.224. The highest BCUT2D eigenvalue weighted by Crippen LogP contribution is 2.29. The molecule has 130 valence electrons. The van der Waals surface area contributed by atoms with Crippen LogP contribution in [0.15, 0.2) is 18.2 Å². The average Bonchev–Trinajstić information content (AvgIpc) is 2.91. The van der Waals surface area contributed by atoms with Gasteiger partial charge in [-0.1, -0.05) is 24.6 Å². The number of anilines is 1. The van der Waals surface area contributed by atoms with Crippen LogP contribution in [0.25, 0.3) is 0 Å². The van der Waals surface area contributed by atoms with Gasteiger partial charge in [-0.05, 0) is 57.1 Å². The van der Waals surface area contributed by atoms with Crippen LogP contribution in [-0.2, 0) is 9.59 Å². The van der Waals surface area contributed by atoms with E-state index in [0.29, 0.717) is 19.0 Å². The molecular formula is C20H28N2O2. The van der Waals surface area contributed by atoms with Gasteiger partial charge in [0.05, 0.1) is 5.92 Å². The van der Waals surface area contributed by atoms with E-state index < -0.39 is 0 Å². The Labute approximate surface area is 144 Å². The number of benzene rings is 1. The summed E-state index contributed by atoms with van der Waals surface area (Å²) in [6.45, 7) is 6.84. The normalized spacial score (nSPS) is 27.4. The summed E-state index contributed by atoms with van der Waals surface area (Å²) in [5.41, 5.74) is 3.21. The first-order valence-electron chi connectivity index (χ1n) is 9.12. The number of nitrogens with zero attached hydrogens (tertiary/aromatic N) is 1. The van der Waals surface area contributed by atoms with Crippen LogP contribution < -0.4 is 10.2 Å². The van der Waals surface area contributed by atoms with Crippen LogP contribution >= 0.6 is 0 Å². The van der Waals surface area contributed by atoms with Gasteiger partial charge in [-0.15, -0.1) is 0 Å². The first-order valence-corrected chi connectivity index (χ1v) is 9.12. The Morgan fingerprint density at radius 2 is 1.88 bits per heavy atom. The molecular weight excluding hydrogens is 300 g/mol. The maximum atomic E-state index is 12.6. The molecule has 1 saturated heterocycles. The number of aryl methyl sites for hydroxylation is 2. The molecule has 4 heteroatoms. The van der Waals surface area contributed by atoms with Crippen LogP contribution in [0.4, 0.5) is 5.69 Å². The predicted octanol–water partition coefficient (Wildman–Crippen LogP) is 3.35. The third kappa shape index (κ3) is 3.63. The van der Waals surface area contributed by atoms with Crippen LogP contribution in [-0.4, -0.2) is 24.4 Å². The van der Waals surface area contributed by atoms with Gasteiger partial charge in [0.2, 0.25) is 11.8 Å². The molecule has 1 aromatic rings. The van der Waals surface area contributed by atoms with Crippen molar-refractivity contribution in [3.8, 4) is 0 Å². The van der Waals surface area contributed by atoms with Crippen LogP contribution in [0, 0.1) is 25.7 Å². The molecule has 0 unspecified atom stereocenters. The average molecular weight is 328 g/mol. The summed E-state index contributed by atoms with van der Waals surface area (Å²) in [5, 5.41) is 3.18. The van der Waals surface area contributed by atoms with Crippen molar-refractivity contribution in [3.05, 3.63) is 29.3 Å². The molecule has 0 radical (unpaired) electrons. The monoisotopic (exact) mass is 328 g/mol. The molecule has 1 aliphatic heterocycles. The summed E-state index contributed by atoms with van der Waals surface area (Å²) in [6, 6.07) is 6.38. The van der Waals surface area contributed by atoms with Gasteiger partial charge in [0.25, 0.3) is 0 Å². The molecule has 4 nitrogen and oxygen atoms in total. The van der Waals surface area contributed by atoms with Crippen LogP contribution in [0.1, 0.15) is 50.2 Å². The maximum Gasteiger partial charge on any atom is 0.227 e. The fourth-order valence-electron chi connectivity index (χ4n) is 3.95. The lowest BCUT2D eigenvalue weighted by Crippen LogP contribution is -2.41. The number of rotatable bonds is 3. The van der Waals surface area contributed by atoms with E-state index in [1.54, 1.807) is 4.90 Å². The van der Waals surface area contributed by atoms with E-state index in [1.807, 2.05) is 26.0 Å². The third-order valence-corrected chi connectivity index (χ3v) is 5.50. The van der Waals surface area contributed by atoms with Gasteiger partial charge in [0.1, 0.15) is 0 Å². The Hall–Kier alpha value is -1.84. The minimum absolute atomic E-state index is 0.0511. The Kier molecular flexibility index (Phi) is 4.93. The van der Waals surface area contributed by atoms with E-state index in [9.17, 15) is 9.59 Å². The molecule has 1 atom stereocenters. The standard InChI is InChI=1S/C20H28N2O2/c1-13-4-7-17(8-5-13)21-20(24)16-11-19(23)22(12-16)18-9-6-14(2)10-15(18)3/h6,9-10,13,16-17H,4-5,7-8,11-12H2,1-3H3,(H,21,24)/t13?,16-,17?/m1/s1. The molecule has 1 N–H and O–H groups in total. The minimum Gasteiger partial charge on any atom is -0.353 e. The van der Waals surface area contributed by atoms with Crippen molar-refractivity contribution in [1.82, 2.24) is 5.32 Å². The summed E-state index contributed by atoms with van der Waals surface area (Å²) in [5.74, 6) is 0.651. The molecule has 24 heavy (non-hydrogen) atoms. The second-order valence-corrected chi connectivity index (χ2v) is 7.66. The molecule has 2 fully saturated rings. The van der Waals surface area contributed by atoms with Crippen LogP contribution in [0.5, 0.6) is 0 Å². The zero-order chi connectivity index (χ0) is 17.3. The maximum absolute atomic E-state index is 12.6. The smallest absolute Gasteiger partial charge is 0.227 e. The molecule has 0 aromatic heterocycles. The van der Waals surface area contributed by atoms with Crippen molar-refractivity contribution in [2.75, 3.05) is 11.4 Å². The lowest BCUT2D eigenvalue weighted by Gasteiger charge is -2.28. The number of amides is 2. The van der Waals surface area contributed by atoms with Crippen LogP contribution in [0.3, 0.4) is 0 Å². The van der Waals surface area contributed by atoms with Gasteiger partial charge in [-0.25, -0.2) is 0 Å². The van der Waals surface area contributed by atoms with E-state index >= 15 is 0 Å². The highest BCUT2D eigenvalue weighted by atomic mass is 16.2. The number of nitrogens with one attached hydrogen (secondary N) is 1. The summed E-state index contributed by atoms with van der Waals surface area (Å²) in [6.07, 6.45) is 4.82. The van der Waals surface area contributed by atoms with Crippen molar-refractivity contribution in [1.29, 1.82) is 0 Å². The van der Waals surface area contributed by atoms with Gasteiger partial charge in [-0.3, -0.25) is 9.59 Å². The molecule has 0 bridgehead atoms. The van der Waals surface area contributed by atoms with E-state index in [4.69, 9.17) is 0 Å². The summed E-state index contributed by atoms with van der Waals surface area (Å²) in [4.78, 5) is 26.8. The molecule has 0 spiro atoms. The highest BCUT2D eigenvalue weighted by Gasteiger charge is 2.36. The lowest BCUT2D eigenvalue weighted by atomic mass is 9.87. The number of carbonyl (C=O) groups is 2. The largest absolute Gasteiger partial charge is 0.353 e. The Morgan fingerprint density at radius 3 is 2.54 bits per heavy atom. The fourth-order valence-corrected chi connectivity index (χ4v) is 3.95. The zero-order valence-electron chi connectivity index (χ0n) is 15.0. The van der Waals surface area contributed by atoms with Gasteiger partial charge in [0.15, 0.2) is 0 Å².